The van der Waals surface area contributed by atoms with Gasteiger partial charge in [0.1, 0.15) is 0 Å². The Labute approximate surface area is 79.4 Å². The quantitative estimate of drug-likeness (QED) is 0.675. The van der Waals surface area contributed by atoms with Crippen LogP contribution in [0.3, 0.4) is 0 Å². The highest BCUT2D eigenvalue weighted by atomic mass is 14.8. The van der Waals surface area contributed by atoms with Crippen molar-refractivity contribution >= 4 is 5.69 Å². The predicted octanol–water partition coefficient (Wildman–Crippen LogP) is 1.32. The zero-order valence-electron chi connectivity index (χ0n) is 7.80. The molecule has 0 saturated heterocycles. The summed E-state index contributed by atoms with van der Waals surface area (Å²) in [5, 5.41) is 6.17. The minimum atomic E-state index is 0.700. The van der Waals surface area contributed by atoms with Crippen LogP contribution in [0.25, 0.3) is 0 Å². The Morgan fingerprint density at radius 3 is 2.46 bits per heavy atom. The molecule has 13 heavy (non-hydrogen) atoms. The van der Waals surface area contributed by atoms with Gasteiger partial charge in [0.15, 0.2) is 0 Å². The summed E-state index contributed by atoms with van der Waals surface area (Å²) in [5.41, 5.74) is 1.11. The van der Waals surface area contributed by atoms with E-state index in [1.165, 1.54) is 0 Å². The molecule has 2 heteroatoms. The molecule has 1 aromatic rings. The van der Waals surface area contributed by atoms with Crippen LogP contribution in [-0.4, -0.2) is 20.1 Å². The molecule has 0 spiro atoms. The van der Waals surface area contributed by atoms with Gasteiger partial charge in [-0.2, -0.15) is 0 Å². The molecule has 0 aromatic heterocycles. The predicted molar refractivity (Wildman–Crippen MR) is 56.6 cm³/mol. The maximum absolute atomic E-state index is 3.20. The number of benzene rings is 1. The SMILES string of the molecule is CNCC#CCNc1ccccc1. The number of hydrogen-bond acceptors (Lipinski definition) is 2. The lowest BCUT2D eigenvalue weighted by Crippen LogP contribution is -2.05. The van der Waals surface area contributed by atoms with Gasteiger partial charge in [-0.25, -0.2) is 0 Å². The van der Waals surface area contributed by atoms with E-state index in [1.54, 1.807) is 0 Å². The molecule has 1 aromatic carbocycles. The van der Waals surface area contributed by atoms with Crippen LogP contribution in [0.2, 0.25) is 0 Å². The van der Waals surface area contributed by atoms with E-state index in [9.17, 15) is 0 Å². The Balaban J connectivity index is 2.25. The fraction of sp³-hybridized carbons (Fsp3) is 0.273. The van der Waals surface area contributed by atoms with Gasteiger partial charge in [-0.1, -0.05) is 30.0 Å². The van der Waals surface area contributed by atoms with Gasteiger partial charge in [-0.3, -0.25) is 0 Å². The van der Waals surface area contributed by atoms with Gasteiger partial charge in [0.25, 0.3) is 0 Å². The Morgan fingerprint density at radius 2 is 1.77 bits per heavy atom. The average molecular weight is 174 g/mol. The summed E-state index contributed by atoms with van der Waals surface area (Å²) in [4.78, 5) is 0. The van der Waals surface area contributed by atoms with Crippen molar-refractivity contribution in [2.75, 3.05) is 25.5 Å². The molecule has 0 saturated carbocycles. The van der Waals surface area contributed by atoms with Crippen LogP contribution in [0.4, 0.5) is 5.69 Å². The number of para-hydroxylation sites is 1. The monoisotopic (exact) mass is 174 g/mol. The van der Waals surface area contributed by atoms with Crippen LogP contribution < -0.4 is 10.6 Å². The van der Waals surface area contributed by atoms with Crippen LogP contribution in [0.1, 0.15) is 0 Å². The fourth-order valence-corrected chi connectivity index (χ4v) is 0.916. The largest absolute Gasteiger partial charge is 0.374 e. The maximum Gasteiger partial charge on any atom is 0.0766 e. The summed E-state index contributed by atoms with van der Waals surface area (Å²) >= 11 is 0. The molecule has 2 N–H and O–H groups in total. The molecule has 0 amide bonds. The molecular weight excluding hydrogens is 160 g/mol. The first-order valence-electron chi connectivity index (χ1n) is 4.32. The lowest BCUT2D eigenvalue weighted by Gasteiger charge is -1.99. The third-order valence-electron chi connectivity index (χ3n) is 1.54. The van der Waals surface area contributed by atoms with E-state index in [-0.39, 0.29) is 0 Å². The van der Waals surface area contributed by atoms with Gasteiger partial charge in [0.05, 0.1) is 13.1 Å². The first kappa shape index (κ1) is 9.63. The maximum atomic E-state index is 3.20. The van der Waals surface area contributed by atoms with E-state index in [2.05, 4.69) is 22.5 Å². The molecule has 0 heterocycles. The van der Waals surface area contributed by atoms with Crippen molar-refractivity contribution in [2.24, 2.45) is 0 Å². The van der Waals surface area contributed by atoms with Crippen LogP contribution in [-0.2, 0) is 0 Å². The molecule has 68 valence electrons. The summed E-state index contributed by atoms with van der Waals surface area (Å²) < 4.78 is 0. The summed E-state index contributed by atoms with van der Waals surface area (Å²) in [7, 11) is 1.89. The van der Waals surface area contributed by atoms with Gasteiger partial charge < -0.3 is 10.6 Å². The van der Waals surface area contributed by atoms with Crippen LogP contribution in [0, 0.1) is 11.8 Å². The van der Waals surface area contributed by atoms with E-state index < -0.39 is 0 Å². The van der Waals surface area contributed by atoms with Crippen molar-refractivity contribution in [2.45, 2.75) is 0 Å². The molecule has 0 aliphatic carbocycles. The standard InChI is InChI=1S/C11H14N2/c1-12-9-5-6-10-13-11-7-3-2-4-8-11/h2-4,7-8,12-13H,9-10H2,1H3. The van der Waals surface area contributed by atoms with Gasteiger partial charge in [-0.15, -0.1) is 0 Å². The van der Waals surface area contributed by atoms with Gasteiger partial charge in [0.2, 0.25) is 0 Å². The topological polar surface area (TPSA) is 24.1 Å². The van der Waals surface area contributed by atoms with E-state index in [4.69, 9.17) is 0 Å². The molecule has 0 unspecified atom stereocenters. The van der Waals surface area contributed by atoms with E-state index in [0.717, 1.165) is 12.2 Å². The van der Waals surface area contributed by atoms with Crippen LogP contribution in [0.5, 0.6) is 0 Å². The zero-order chi connectivity index (χ0) is 9.36. The Kier molecular flexibility index (Phi) is 4.52. The Bertz CT molecular complexity index is 282. The highest BCUT2D eigenvalue weighted by Crippen LogP contribution is 2.02. The van der Waals surface area contributed by atoms with Crippen molar-refractivity contribution in [1.82, 2.24) is 5.32 Å². The second-order valence-electron chi connectivity index (χ2n) is 2.60. The first-order chi connectivity index (χ1) is 6.43. The number of anilines is 1. The smallest absolute Gasteiger partial charge is 0.0766 e. The van der Waals surface area contributed by atoms with Gasteiger partial charge in [0, 0.05) is 5.69 Å². The second-order valence-corrected chi connectivity index (χ2v) is 2.60. The number of hydrogen-bond donors (Lipinski definition) is 2. The van der Waals surface area contributed by atoms with E-state index in [0.29, 0.717) is 6.54 Å². The summed E-state index contributed by atoms with van der Waals surface area (Å²) in [6.45, 7) is 1.45. The van der Waals surface area contributed by atoms with Crippen molar-refractivity contribution in [3.05, 3.63) is 30.3 Å². The van der Waals surface area contributed by atoms with Crippen molar-refractivity contribution in [3.8, 4) is 11.8 Å². The molecule has 0 fully saturated rings. The number of nitrogens with one attached hydrogen (secondary N) is 2. The average Bonchev–Trinajstić information content (AvgIpc) is 2.19. The molecule has 0 bridgehead atoms. The zero-order valence-corrected chi connectivity index (χ0v) is 7.80. The third-order valence-corrected chi connectivity index (χ3v) is 1.54. The van der Waals surface area contributed by atoms with E-state index in [1.807, 2.05) is 37.4 Å². The van der Waals surface area contributed by atoms with Gasteiger partial charge >= 0.3 is 0 Å². The highest BCUT2D eigenvalue weighted by Gasteiger charge is 1.83. The molecule has 0 aliphatic rings. The molecule has 0 radical (unpaired) electrons. The molecular formula is C11H14N2. The molecule has 2 nitrogen and oxygen atoms in total. The third kappa shape index (κ3) is 4.19. The summed E-state index contributed by atoms with van der Waals surface area (Å²) in [5.74, 6) is 5.99. The van der Waals surface area contributed by atoms with Crippen LogP contribution >= 0.6 is 0 Å². The fourth-order valence-electron chi connectivity index (χ4n) is 0.916. The minimum absolute atomic E-state index is 0.700. The molecule has 1 rings (SSSR count). The van der Waals surface area contributed by atoms with Gasteiger partial charge in [-0.05, 0) is 19.2 Å². The molecule has 0 aliphatic heterocycles. The lowest BCUT2D eigenvalue weighted by molar-refractivity contribution is 0.937. The second kappa shape index (κ2) is 6.10. The minimum Gasteiger partial charge on any atom is -0.374 e. The van der Waals surface area contributed by atoms with Crippen molar-refractivity contribution in [3.63, 3.8) is 0 Å². The highest BCUT2D eigenvalue weighted by molar-refractivity contribution is 5.43. The normalized spacial score (nSPS) is 8.69. The van der Waals surface area contributed by atoms with Crippen molar-refractivity contribution < 1.29 is 0 Å². The van der Waals surface area contributed by atoms with E-state index >= 15 is 0 Å². The summed E-state index contributed by atoms with van der Waals surface area (Å²) in [6.07, 6.45) is 0. The lowest BCUT2D eigenvalue weighted by atomic mass is 10.3. The van der Waals surface area contributed by atoms with Crippen LogP contribution in [0.15, 0.2) is 30.3 Å². The Hall–Kier alpha value is -1.46. The summed E-state index contributed by atoms with van der Waals surface area (Å²) in [6, 6.07) is 10.1. The molecule has 0 atom stereocenters. The van der Waals surface area contributed by atoms with Crippen molar-refractivity contribution in [1.29, 1.82) is 0 Å². The number of rotatable bonds is 3. The Morgan fingerprint density at radius 1 is 1.08 bits per heavy atom. The first-order valence-corrected chi connectivity index (χ1v) is 4.32.